The molecular formula is C52H68N8O8. The third kappa shape index (κ3) is 10.0. The highest BCUT2D eigenvalue weighted by Crippen LogP contribution is 2.44. The van der Waals surface area contributed by atoms with Gasteiger partial charge in [-0.3, -0.25) is 9.59 Å². The van der Waals surface area contributed by atoms with E-state index in [9.17, 15) is 19.2 Å². The minimum Gasteiger partial charge on any atom is -0.453 e. The summed E-state index contributed by atoms with van der Waals surface area (Å²) in [6, 6.07) is 14.7. The van der Waals surface area contributed by atoms with Gasteiger partial charge in [-0.05, 0) is 131 Å². The molecule has 9 rings (SSSR count). The first-order chi connectivity index (χ1) is 32.9. The van der Waals surface area contributed by atoms with Crippen molar-refractivity contribution < 1.29 is 38.1 Å². The van der Waals surface area contributed by atoms with Crippen molar-refractivity contribution in [3.63, 3.8) is 0 Å². The number of likely N-dealkylation sites (tertiary alicyclic amines) is 2. The summed E-state index contributed by atoms with van der Waals surface area (Å²) in [5.74, 6) is 1.65. The molecule has 16 nitrogen and oxygen atoms in total. The average Bonchev–Trinajstić information content (AvgIpc) is 3.64. The van der Waals surface area contributed by atoms with Crippen LogP contribution in [-0.4, -0.2) is 117 Å². The first-order valence-electron chi connectivity index (χ1n) is 24.8. The predicted molar refractivity (Wildman–Crippen MR) is 255 cm³/mol. The Kier molecular flexibility index (Phi) is 14.2. The Hall–Kier alpha value is -5.74. The van der Waals surface area contributed by atoms with E-state index in [1.165, 1.54) is 14.2 Å². The molecule has 4 aromatic rings. The number of rotatable bonds is 13. The Bertz CT molecular complexity index is 2400. The summed E-state index contributed by atoms with van der Waals surface area (Å²) in [5, 5.41) is 5.82. The Morgan fingerprint density at radius 3 is 1.62 bits per heavy atom. The molecule has 6 heterocycles. The lowest BCUT2D eigenvalue weighted by Gasteiger charge is -2.40. The second-order valence-electron chi connectivity index (χ2n) is 19.9. The Labute approximate surface area is 399 Å². The minimum atomic E-state index is -0.719. The number of nitrogens with one attached hydrogen (secondary N) is 4. The second kappa shape index (κ2) is 20.5. The van der Waals surface area contributed by atoms with Gasteiger partial charge in [0.25, 0.3) is 0 Å². The molecule has 4 aliphatic heterocycles. The fourth-order valence-corrected chi connectivity index (χ4v) is 11.5. The normalized spacial score (nSPS) is 28.2. The highest BCUT2D eigenvalue weighted by atomic mass is 16.5. The summed E-state index contributed by atoms with van der Waals surface area (Å²) in [6.45, 7) is 8.82. The molecule has 364 valence electrons. The summed E-state index contributed by atoms with van der Waals surface area (Å²) >= 11 is 0. The molecule has 11 atom stereocenters. The van der Waals surface area contributed by atoms with Gasteiger partial charge in [0, 0.05) is 18.7 Å². The van der Waals surface area contributed by atoms with Crippen LogP contribution >= 0.6 is 0 Å². The van der Waals surface area contributed by atoms with E-state index < -0.39 is 24.3 Å². The third-order valence-electron chi connectivity index (χ3n) is 15.4. The molecule has 1 saturated carbocycles. The molecule has 5 fully saturated rings. The fourth-order valence-electron chi connectivity index (χ4n) is 11.5. The Morgan fingerprint density at radius 2 is 1.15 bits per heavy atom. The third-order valence-corrected chi connectivity index (χ3v) is 15.4. The number of alkyl carbamates (subject to hydrolysis) is 2. The molecule has 11 unspecified atom stereocenters. The van der Waals surface area contributed by atoms with E-state index >= 15 is 0 Å². The molecule has 68 heavy (non-hydrogen) atoms. The van der Waals surface area contributed by atoms with Crippen LogP contribution in [0.1, 0.15) is 122 Å². The van der Waals surface area contributed by atoms with Crippen LogP contribution in [0, 0.1) is 17.8 Å². The molecule has 0 bridgehead atoms. The lowest BCUT2D eigenvalue weighted by molar-refractivity contribution is -0.141. The number of methoxy groups -OCH3 is 2. The summed E-state index contributed by atoms with van der Waals surface area (Å²) in [7, 11) is 2.65. The number of carbonyl (C=O) groups excluding carboxylic acids is 4. The summed E-state index contributed by atoms with van der Waals surface area (Å²) in [5.41, 5.74) is 5.78. The molecule has 4 saturated heterocycles. The van der Waals surface area contributed by atoms with Crippen molar-refractivity contribution in [3.05, 3.63) is 72.6 Å². The SMILES string of the molecule is CCC1CC(C(NC(=O)OC)C(=O)N2C(C)CCC2c2ncc(-c3ccc(-c4ccc(-c5cnc(C6CCC(C)N6C(=O)C(NC(=O)OC)C6CC(C)OC(C7CC7)C6)[nH]5)cc4)cc3)[nH]2)CCO1. The van der Waals surface area contributed by atoms with Gasteiger partial charge < -0.3 is 49.3 Å². The fraction of sp³-hybridized carbons (Fsp3) is 0.577. The molecular weight excluding hydrogens is 865 g/mol. The van der Waals surface area contributed by atoms with Gasteiger partial charge in [-0.25, -0.2) is 19.6 Å². The number of nitrogens with zero attached hydrogens (tertiary/aromatic N) is 4. The molecule has 2 aromatic carbocycles. The topological polar surface area (TPSA) is 193 Å². The molecule has 16 heteroatoms. The van der Waals surface area contributed by atoms with Crippen LogP contribution in [0.5, 0.6) is 0 Å². The maximum atomic E-state index is 14.6. The highest BCUT2D eigenvalue weighted by molar-refractivity contribution is 5.88. The van der Waals surface area contributed by atoms with E-state index in [1.54, 1.807) is 0 Å². The number of ether oxygens (including phenoxy) is 4. The molecule has 1 aliphatic carbocycles. The number of hydrogen-bond acceptors (Lipinski definition) is 10. The van der Waals surface area contributed by atoms with Crippen LogP contribution < -0.4 is 10.6 Å². The van der Waals surface area contributed by atoms with Crippen LogP contribution in [0.4, 0.5) is 9.59 Å². The van der Waals surface area contributed by atoms with Gasteiger partial charge in [-0.15, -0.1) is 0 Å². The van der Waals surface area contributed by atoms with Crippen LogP contribution in [0.25, 0.3) is 33.6 Å². The Balaban J connectivity index is 0.861. The predicted octanol–water partition coefficient (Wildman–Crippen LogP) is 8.49. The Morgan fingerprint density at radius 1 is 0.662 bits per heavy atom. The number of aromatic nitrogens is 4. The van der Waals surface area contributed by atoms with Crippen LogP contribution in [-0.2, 0) is 28.5 Å². The standard InChI is InChI=1S/C52H68N8O8/c1-7-39-25-37(22-23-67-39)45(57-51(63)65-5)49(61)59-29(2)8-20-42(59)47-53-27-40(55-47)34-14-10-32(11-15-34)33-12-16-35(17-13-33)41-28-54-48(56-41)43-21-9-30(3)60(43)50(62)46(58-52(64)66-6)38-24-31(4)68-44(26-38)36-18-19-36/h10-17,27-31,36-39,42-46H,7-9,18-26H2,1-6H3,(H,53,55)(H,54,56)(H,57,63)(H,58,64). The first kappa shape index (κ1) is 47.3. The number of benzene rings is 2. The monoisotopic (exact) mass is 933 g/mol. The van der Waals surface area contributed by atoms with Crippen molar-refractivity contribution in [2.45, 2.75) is 153 Å². The number of amides is 4. The molecule has 0 radical (unpaired) electrons. The molecule has 4 amide bonds. The number of aromatic amines is 2. The van der Waals surface area contributed by atoms with Crippen LogP contribution in [0.15, 0.2) is 60.9 Å². The van der Waals surface area contributed by atoms with Crippen molar-refractivity contribution in [3.8, 4) is 33.6 Å². The van der Waals surface area contributed by atoms with E-state index in [-0.39, 0.29) is 66.1 Å². The summed E-state index contributed by atoms with van der Waals surface area (Å²) in [6.07, 6.45) is 11.7. The van der Waals surface area contributed by atoms with Crippen molar-refractivity contribution in [1.29, 1.82) is 0 Å². The molecule has 4 N–H and O–H groups in total. The van der Waals surface area contributed by atoms with Crippen LogP contribution in [0.3, 0.4) is 0 Å². The number of hydrogen-bond donors (Lipinski definition) is 4. The number of imidazole rings is 2. The lowest BCUT2D eigenvalue weighted by atomic mass is 9.83. The second-order valence-corrected chi connectivity index (χ2v) is 19.9. The van der Waals surface area contributed by atoms with Crippen LogP contribution in [0.2, 0.25) is 0 Å². The maximum absolute atomic E-state index is 14.6. The van der Waals surface area contributed by atoms with Gasteiger partial charge in [-0.2, -0.15) is 0 Å². The summed E-state index contributed by atoms with van der Waals surface area (Å²) < 4.78 is 22.2. The lowest BCUT2D eigenvalue weighted by Crippen LogP contribution is -2.55. The van der Waals surface area contributed by atoms with E-state index in [4.69, 9.17) is 28.9 Å². The van der Waals surface area contributed by atoms with Crippen molar-refractivity contribution in [1.82, 2.24) is 40.4 Å². The zero-order valence-electron chi connectivity index (χ0n) is 40.2. The van der Waals surface area contributed by atoms with E-state index in [2.05, 4.69) is 96.8 Å². The number of H-pyrrole nitrogens is 2. The van der Waals surface area contributed by atoms with Crippen molar-refractivity contribution >= 4 is 24.0 Å². The zero-order chi connectivity index (χ0) is 47.6. The number of carbonyl (C=O) groups is 4. The first-order valence-corrected chi connectivity index (χ1v) is 24.8. The molecule has 2 aromatic heterocycles. The van der Waals surface area contributed by atoms with Crippen molar-refractivity contribution in [2.24, 2.45) is 17.8 Å². The zero-order valence-corrected chi connectivity index (χ0v) is 40.2. The largest absolute Gasteiger partial charge is 0.453 e. The summed E-state index contributed by atoms with van der Waals surface area (Å²) in [4.78, 5) is 74.7. The van der Waals surface area contributed by atoms with Gasteiger partial charge in [0.1, 0.15) is 23.7 Å². The average molecular weight is 933 g/mol. The van der Waals surface area contributed by atoms with Crippen molar-refractivity contribution in [2.75, 3.05) is 20.8 Å². The quantitative estimate of drug-likeness (QED) is 0.101. The van der Waals surface area contributed by atoms with Gasteiger partial charge in [0.05, 0.1) is 68.4 Å². The van der Waals surface area contributed by atoms with E-state index in [1.807, 2.05) is 22.2 Å². The van der Waals surface area contributed by atoms with Gasteiger partial charge >= 0.3 is 12.2 Å². The molecule has 0 spiro atoms. The maximum Gasteiger partial charge on any atom is 0.407 e. The van der Waals surface area contributed by atoms with E-state index in [0.717, 1.165) is 96.7 Å². The highest BCUT2D eigenvalue weighted by Gasteiger charge is 2.47. The molecule has 5 aliphatic rings. The van der Waals surface area contributed by atoms with E-state index in [0.29, 0.717) is 31.8 Å². The minimum absolute atomic E-state index is 0.00460. The smallest absolute Gasteiger partial charge is 0.407 e. The van der Waals surface area contributed by atoms with Gasteiger partial charge in [0.2, 0.25) is 11.8 Å². The van der Waals surface area contributed by atoms with Gasteiger partial charge in [0.15, 0.2) is 0 Å². The van der Waals surface area contributed by atoms with Gasteiger partial charge in [-0.1, -0.05) is 55.5 Å².